The van der Waals surface area contributed by atoms with Crippen LogP contribution in [0.15, 0.2) is 182 Å². The normalized spacial score (nSPS) is 20.4. The van der Waals surface area contributed by atoms with Crippen molar-refractivity contribution in [1.29, 1.82) is 0 Å². The zero-order valence-electron chi connectivity index (χ0n) is 42.0. The predicted octanol–water partition coefficient (Wildman–Crippen LogP) is 9.70. The second-order valence-electron chi connectivity index (χ2n) is 19.2. The van der Waals surface area contributed by atoms with Crippen LogP contribution in [0.5, 0.6) is 5.75 Å². The minimum absolute atomic E-state index is 0.0629. The van der Waals surface area contributed by atoms with E-state index in [1.165, 1.54) is 35.6 Å². The van der Waals surface area contributed by atoms with Crippen molar-refractivity contribution in [3.05, 3.63) is 231 Å². The van der Waals surface area contributed by atoms with Crippen LogP contribution in [0.2, 0.25) is 0 Å². The van der Waals surface area contributed by atoms with E-state index in [4.69, 9.17) is 19.2 Å². The van der Waals surface area contributed by atoms with Crippen LogP contribution in [0.25, 0.3) is 10.2 Å². The Bertz CT molecular complexity index is 3600. The van der Waals surface area contributed by atoms with Gasteiger partial charge in [-0.3, -0.25) is 34.3 Å². The van der Waals surface area contributed by atoms with Crippen LogP contribution in [0.1, 0.15) is 57.1 Å². The zero-order chi connectivity index (χ0) is 53.9. The maximum atomic E-state index is 16.8. The summed E-state index contributed by atoms with van der Waals surface area (Å²) >= 11 is 1.22. The van der Waals surface area contributed by atoms with Crippen LogP contribution >= 0.6 is 11.3 Å². The summed E-state index contributed by atoms with van der Waals surface area (Å²) in [5.74, 6) is 2.83. The number of hydrogen-bond acceptors (Lipinski definition) is 14. The molecule has 1 spiro atoms. The van der Waals surface area contributed by atoms with Crippen LogP contribution in [-0.4, -0.2) is 81.5 Å². The van der Waals surface area contributed by atoms with Crippen molar-refractivity contribution in [3.63, 3.8) is 0 Å². The molecule has 3 amide bonds. The Balaban J connectivity index is 1.14. The fourth-order valence-corrected chi connectivity index (χ4v) is 12.0. The summed E-state index contributed by atoms with van der Waals surface area (Å²) in [6, 6.07) is 49.8. The van der Waals surface area contributed by atoms with Gasteiger partial charge < -0.3 is 24.6 Å². The third kappa shape index (κ3) is 9.62. The molecule has 1 aromatic heterocycles. The minimum Gasteiger partial charge on any atom is -0.491 e. The Kier molecular flexibility index (Phi) is 14.3. The topological polar surface area (TPSA) is 194 Å². The average Bonchev–Trinajstić information content (AvgIpc) is 4.14. The van der Waals surface area contributed by atoms with Gasteiger partial charge in [0, 0.05) is 24.2 Å². The van der Waals surface area contributed by atoms with Crippen molar-refractivity contribution in [3.8, 4) is 17.6 Å². The van der Waals surface area contributed by atoms with Crippen molar-refractivity contribution in [2.75, 3.05) is 37.0 Å². The van der Waals surface area contributed by atoms with Crippen molar-refractivity contribution in [2.45, 2.75) is 42.8 Å². The highest BCUT2D eigenvalue weighted by atomic mass is 32.1. The molecule has 2 N–H and O–H groups in total. The molecule has 2 fully saturated rings. The fraction of sp³-hybridized carbons (Fsp3) is 0.197. The molecule has 16 nitrogen and oxygen atoms in total. The van der Waals surface area contributed by atoms with Crippen molar-refractivity contribution >= 4 is 61.9 Å². The van der Waals surface area contributed by atoms with Crippen molar-refractivity contribution < 1.29 is 43.4 Å². The van der Waals surface area contributed by atoms with E-state index in [0.717, 1.165) is 15.2 Å². The number of hydrogen-bond donors (Lipinski definition) is 2. The lowest BCUT2D eigenvalue weighted by Gasteiger charge is -2.46. The van der Waals surface area contributed by atoms with Gasteiger partial charge >= 0.3 is 12.1 Å². The molecule has 0 saturated carbocycles. The number of aromatic nitrogens is 1. The molecule has 0 bridgehead atoms. The molecule has 0 aliphatic carbocycles. The van der Waals surface area contributed by atoms with E-state index in [0.29, 0.717) is 52.2 Å². The molecule has 6 atom stereocenters. The van der Waals surface area contributed by atoms with Gasteiger partial charge in [0.2, 0.25) is 11.8 Å². The fourth-order valence-electron chi connectivity index (χ4n) is 11.2. The molecule has 11 rings (SSSR count). The number of benzene rings is 7. The molecular formula is C61H50N6O10S. The highest BCUT2D eigenvalue weighted by Crippen LogP contribution is 2.66. The highest BCUT2D eigenvalue weighted by molar-refractivity contribution is 7.22. The first kappa shape index (κ1) is 51.1. The lowest BCUT2D eigenvalue weighted by molar-refractivity contribution is -0.384. The first-order valence-corrected chi connectivity index (χ1v) is 26.0. The second kappa shape index (κ2) is 21.9. The predicted molar refractivity (Wildman–Crippen MR) is 292 cm³/mol. The van der Waals surface area contributed by atoms with Crippen molar-refractivity contribution in [1.82, 2.24) is 14.8 Å². The molecule has 4 heterocycles. The van der Waals surface area contributed by atoms with E-state index in [2.05, 4.69) is 22.1 Å². The molecule has 78 heavy (non-hydrogen) atoms. The van der Waals surface area contributed by atoms with Gasteiger partial charge in [0.05, 0.1) is 52.0 Å². The average molecular weight is 1060 g/mol. The lowest BCUT2D eigenvalue weighted by Crippen LogP contribution is -2.54. The van der Waals surface area contributed by atoms with Gasteiger partial charge in [0.1, 0.15) is 36.5 Å². The van der Waals surface area contributed by atoms with E-state index in [1.54, 1.807) is 42.5 Å². The van der Waals surface area contributed by atoms with Gasteiger partial charge in [0.15, 0.2) is 5.13 Å². The summed E-state index contributed by atoms with van der Waals surface area (Å²) in [5, 5.41) is 24.7. The molecule has 3 aliphatic heterocycles. The number of nitro benzene ring substituents is 1. The van der Waals surface area contributed by atoms with Crippen LogP contribution < -0.4 is 15.0 Å². The summed E-state index contributed by atoms with van der Waals surface area (Å²) in [6.45, 7) is 0.243. The number of nitro groups is 1. The largest absolute Gasteiger partial charge is 0.491 e. The summed E-state index contributed by atoms with van der Waals surface area (Å²) < 4.78 is 19.4. The van der Waals surface area contributed by atoms with Crippen LogP contribution in [0.3, 0.4) is 0 Å². The summed E-state index contributed by atoms with van der Waals surface area (Å²) in [5.41, 5.74) is 2.32. The molecule has 8 aromatic rings. The molecular weight excluding hydrogens is 1010 g/mol. The van der Waals surface area contributed by atoms with E-state index in [9.17, 15) is 15.2 Å². The Labute approximate surface area is 452 Å². The first-order chi connectivity index (χ1) is 38.0. The SMILES string of the molecule is CN(CC#Cc1ccc2c(c1)[C@]1(C(=O)N2C(=O)OCc2ccc([N+](=O)[O-])cc2)[C@H](C(=O)Nc2nc3ccccc3s2)[C@H]2C(=O)O[C@H](c3ccccc3)[C@H](c3ccccc3)N2[C@@H]1c1cccc(OCCO)c1)Cc1ccccc1. The number of cyclic esters (lactones) is 1. The number of nitrogens with one attached hydrogen (secondary N) is 1. The summed E-state index contributed by atoms with van der Waals surface area (Å²) in [4.78, 5) is 84.2. The Morgan fingerprint density at radius 2 is 1.51 bits per heavy atom. The molecule has 7 aromatic carbocycles. The van der Waals surface area contributed by atoms with Crippen LogP contribution in [-0.2, 0) is 42.4 Å². The third-order valence-electron chi connectivity index (χ3n) is 14.4. The first-order valence-electron chi connectivity index (χ1n) is 25.2. The van der Waals surface area contributed by atoms with E-state index in [-0.39, 0.29) is 41.9 Å². The number of thiazole rings is 1. The number of morpholine rings is 1. The Morgan fingerprint density at radius 3 is 2.23 bits per heavy atom. The van der Waals surface area contributed by atoms with E-state index >= 15 is 19.2 Å². The maximum absolute atomic E-state index is 16.8. The van der Waals surface area contributed by atoms with Gasteiger partial charge in [-0.05, 0) is 95.0 Å². The van der Waals surface area contributed by atoms with Crippen LogP contribution in [0, 0.1) is 27.9 Å². The highest BCUT2D eigenvalue weighted by Gasteiger charge is 2.76. The number of imide groups is 1. The number of ether oxygens (including phenoxy) is 3. The number of amides is 3. The number of esters is 1. The van der Waals surface area contributed by atoms with Gasteiger partial charge in [-0.15, -0.1) is 0 Å². The number of non-ortho nitro benzene ring substituents is 1. The van der Waals surface area contributed by atoms with Crippen molar-refractivity contribution in [2.24, 2.45) is 5.92 Å². The molecule has 390 valence electrons. The summed E-state index contributed by atoms with van der Waals surface area (Å²) in [6.07, 6.45) is -2.09. The second-order valence-corrected chi connectivity index (χ2v) is 20.2. The smallest absolute Gasteiger partial charge is 0.421 e. The number of fused-ring (bicyclic) bond motifs is 4. The summed E-state index contributed by atoms with van der Waals surface area (Å²) in [7, 11) is 1.95. The minimum atomic E-state index is -2.18. The number of nitrogens with zero attached hydrogens (tertiary/aromatic N) is 5. The van der Waals surface area contributed by atoms with Gasteiger partial charge in [-0.1, -0.05) is 138 Å². The standard InChI is InChI=1S/C61H50N6O10S/c1-64(37-40-15-5-2-6-16-40)32-14-17-39-28-31-49-47(35-39)61(58(71)65(49)60(72)76-38-41-26-29-45(30-27-41)67(73)74)51(56(69)63-59-62-48-24-11-12-25-50(48)78-59)53-57(70)77-54(43-20-9-4-10-21-43)52(42-18-7-3-8-19-42)66(53)55(61)44-22-13-23-46(36-44)75-34-33-68/h2-13,15-16,18-31,35-36,51-55,68H,32-34,37-38H2,1H3,(H,62,63,69)/t51-,52-,53-,54+,55+,61-/m0/s1. The maximum Gasteiger partial charge on any atom is 0.421 e. The Morgan fingerprint density at radius 1 is 0.821 bits per heavy atom. The molecule has 17 heteroatoms. The van der Waals surface area contributed by atoms with Gasteiger partial charge in [0.25, 0.3) is 5.69 Å². The third-order valence-corrected chi connectivity index (χ3v) is 15.3. The van der Waals surface area contributed by atoms with E-state index in [1.807, 2.05) is 127 Å². The number of rotatable bonds is 14. The number of para-hydroxylation sites is 1. The number of carbonyl (C=O) groups is 4. The van der Waals surface area contributed by atoms with Gasteiger partial charge in [-0.2, -0.15) is 0 Å². The monoisotopic (exact) mass is 1060 g/mol. The quantitative estimate of drug-likeness (QED) is 0.0453. The molecule has 3 aliphatic rings. The number of aliphatic hydroxyl groups excluding tert-OH is 1. The Hall–Kier alpha value is -9.05. The number of carbonyl (C=O) groups excluding carboxylic acids is 4. The zero-order valence-corrected chi connectivity index (χ0v) is 42.8. The van der Waals surface area contributed by atoms with Crippen LogP contribution in [0.4, 0.5) is 21.3 Å². The number of aliphatic hydroxyl groups is 1. The van der Waals surface area contributed by atoms with Gasteiger partial charge in [-0.25, -0.2) is 14.7 Å². The molecule has 0 unspecified atom stereocenters. The van der Waals surface area contributed by atoms with E-state index < -0.39 is 64.4 Å². The molecule has 2 saturated heterocycles. The lowest BCUT2D eigenvalue weighted by atomic mass is 9.65. The number of anilines is 2. The molecule has 0 radical (unpaired) electrons.